The maximum Gasteiger partial charge on any atom is 0.170 e. The first-order chi connectivity index (χ1) is 7.58. The molecule has 84 valence electrons. The Morgan fingerprint density at radius 3 is 2.88 bits per heavy atom. The van der Waals surface area contributed by atoms with Crippen molar-refractivity contribution in [1.82, 2.24) is 0 Å². The molecule has 1 aromatic rings. The lowest BCUT2D eigenvalue weighted by Crippen LogP contribution is -2.41. The molecule has 3 heteroatoms. The molecule has 3 rings (SSSR count). The topological polar surface area (TPSA) is 26.3 Å². The molecule has 0 aromatic heterocycles. The Balaban J connectivity index is 2.03. The van der Waals surface area contributed by atoms with Crippen LogP contribution < -0.4 is 4.74 Å². The molecule has 1 heterocycles. The largest absolute Gasteiger partial charge is 0.486 e. The van der Waals surface area contributed by atoms with E-state index in [4.69, 9.17) is 4.74 Å². The maximum absolute atomic E-state index is 12.0. The van der Waals surface area contributed by atoms with Crippen molar-refractivity contribution in [2.45, 2.75) is 31.8 Å². The summed E-state index contributed by atoms with van der Waals surface area (Å²) in [4.78, 5) is 12.0. The van der Waals surface area contributed by atoms with Gasteiger partial charge in [0.05, 0.1) is 12.0 Å². The molecule has 0 radical (unpaired) electrons. The molecule has 1 atom stereocenters. The number of carbonyl (C=O) groups excluding carboxylic acids is 1. The van der Waals surface area contributed by atoms with Crippen LogP contribution in [0.25, 0.3) is 0 Å². The lowest BCUT2D eigenvalue weighted by Gasteiger charge is -2.35. The minimum atomic E-state index is -0.273. The summed E-state index contributed by atoms with van der Waals surface area (Å²) < 4.78 is 7.00. The van der Waals surface area contributed by atoms with Gasteiger partial charge in [-0.2, -0.15) is 0 Å². The van der Waals surface area contributed by atoms with Crippen molar-refractivity contribution in [3.05, 3.63) is 28.2 Å². The van der Waals surface area contributed by atoms with E-state index in [0.717, 1.165) is 15.8 Å². The predicted molar refractivity (Wildman–Crippen MR) is 64.8 cm³/mol. The van der Waals surface area contributed by atoms with E-state index in [1.165, 1.54) is 12.8 Å². The summed E-state index contributed by atoms with van der Waals surface area (Å²) in [7, 11) is 0. The molecule has 1 aromatic carbocycles. The summed E-state index contributed by atoms with van der Waals surface area (Å²) in [5.41, 5.74) is 0.451. The molecule has 0 N–H and O–H groups in total. The number of benzene rings is 1. The molecule has 0 bridgehead atoms. The number of rotatable bonds is 1. The Bertz CT molecular complexity index is 465. The smallest absolute Gasteiger partial charge is 0.170 e. The van der Waals surface area contributed by atoms with Crippen LogP contribution in [0.3, 0.4) is 0 Å². The predicted octanol–water partition coefficient (Wildman–Crippen LogP) is 3.58. The van der Waals surface area contributed by atoms with E-state index >= 15 is 0 Å². The van der Waals surface area contributed by atoms with E-state index in [1.54, 1.807) is 0 Å². The first-order valence-electron chi connectivity index (χ1n) is 5.60. The molecule has 1 aliphatic heterocycles. The van der Waals surface area contributed by atoms with Gasteiger partial charge in [0.1, 0.15) is 11.4 Å². The van der Waals surface area contributed by atoms with Gasteiger partial charge in [-0.3, -0.25) is 4.79 Å². The first-order valence-corrected chi connectivity index (χ1v) is 6.39. The van der Waals surface area contributed by atoms with Crippen LogP contribution in [-0.2, 0) is 0 Å². The number of hydrogen-bond acceptors (Lipinski definition) is 2. The summed E-state index contributed by atoms with van der Waals surface area (Å²) in [6, 6.07) is 5.63. The second-order valence-electron chi connectivity index (χ2n) is 4.93. The molecular formula is C13H13BrO2. The van der Waals surface area contributed by atoms with Crippen molar-refractivity contribution in [2.24, 2.45) is 5.92 Å². The molecule has 0 spiro atoms. The normalized spacial score (nSPS) is 28.5. The van der Waals surface area contributed by atoms with E-state index in [0.29, 0.717) is 12.3 Å². The molecule has 1 aliphatic carbocycles. The number of ketones is 1. The zero-order chi connectivity index (χ0) is 11.3. The van der Waals surface area contributed by atoms with Crippen LogP contribution in [0.4, 0.5) is 0 Å². The van der Waals surface area contributed by atoms with Gasteiger partial charge in [-0.1, -0.05) is 15.9 Å². The van der Waals surface area contributed by atoms with Crippen LogP contribution in [0.2, 0.25) is 0 Å². The van der Waals surface area contributed by atoms with Gasteiger partial charge >= 0.3 is 0 Å². The number of carbonyl (C=O) groups is 1. The van der Waals surface area contributed by atoms with Gasteiger partial charge in [0.15, 0.2) is 5.78 Å². The minimum Gasteiger partial charge on any atom is -0.486 e. The molecule has 1 saturated carbocycles. The standard InChI is InChI=1S/C13H13BrO2/c1-13(8-2-3-8)7-11(15)10-5-4-9(14)6-12(10)16-13/h4-6,8H,2-3,7H2,1H3. The molecule has 1 fully saturated rings. The molecule has 2 nitrogen and oxygen atoms in total. The summed E-state index contributed by atoms with van der Waals surface area (Å²) in [6.45, 7) is 2.06. The maximum atomic E-state index is 12.0. The lowest BCUT2D eigenvalue weighted by atomic mass is 9.88. The quantitative estimate of drug-likeness (QED) is 0.786. The van der Waals surface area contributed by atoms with Crippen LogP contribution in [0.15, 0.2) is 22.7 Å². The zero-order valence-electron chi connectivity index (χ0n) is 9.13. The van der Waals surface area contributed by atoms with Crippen molar-refractivity contribution < 1.29 is 9.53 Å². The highest BCUT2D eigenvalue weighted by atomic mass is 79.9. The fourth-order valence-electron chi connectivity index (χ4n) is 2.43. The summed E-state index contributed by atoms with van der Waals surface area (Å²) in [6.07, 6.45) is 2.90. The molecule has 0 saturated heterocycles. The first kappa shape index (κ1) is 10.3. The number of Topliss-reactive ketones (excluding diaryl/α,β-unsaturated/α-hetero) is 1. The molecule has 2 aliphatic rings. The van der Waals surface area contributed by atoms with E-state index < -0.39 is 0 Å². The SMILES string of the molecule is CC1(C2CC2)CC(=O)c2ccc(Br)cc2O1. The van der Waals surface area contributed by atoms with Crippen LogP contribution in [0.1, 0.15) is 36.5 Å². The van der Waals surface area contributed by atoms with Gasteiger partial charge in [0.2, 0.25) is 0 Å². The van der Waals surface area contributed by atoms with Gasteiger partial charge in [-0.05, 0) is 43.9 Å². The van der Waals surface area contributed by atoms with Crippen molar-refractivity contribution in [1.29, 1.82) is 0 Å². The molecule has 0 amide bonds. The van der Waals surface area contributed by atoms with E-state index in [-0.39, 0.29) is 11.4 Å². The summed E-state index contributed by atoms with van der Waals surface area (Å²) in [5, 5.41) is 0. The van der Waals surface area contributed by atoms with Crippen molar-refractivity contribution in [3.8, 4) is 5.75 Å². The van der Waals surface area contributed by atoms with E-state index in [9.17, 15) is 4.79 Å². The Morgan fingerprint density at radius 1 is 1.44 bits per heavy atom. The Hall–Kier alpha value is -0.830. The third kappa shape index (κ3) is 1.58. The Labute approximate surface area is 103 Å². The van der Waals surface area contributed by atoms with Crippen LogP contribution in [0.5, 0.6) is 5.75 Å². The number of hydrogen-bond donors (Lipinski definition) is 0. The van der Waals surface area contributed by atoms with Gasteiger partial charge in [-0.25, -0.2) is 0 Å². The average molecular weight is 281 g/mol. The van der Waals surface area contributed by atoms with E-state index in [2.05, 4.69) is 22.9 Å². The fourth-order valence-corrected chi connectivity index (χ4v) is 2.77. The van der Waals surface area contributed by atoms with Gasteiger partial charge in [0.25, 0.3) is 0 Å². The van der Waals surface area contributed by atoms with Crippen molar-refractivity contribution >= 4 is 21.7 Å². The minimum absolute atomic E-state index is 0.211. The third-order valence-electron chi connectivity index (χ3n) is 3.54. The number of halogens is 1. The highest BCUT2D eigenvalue weighted by Gasteiger charge is 2.47. The van der Waals surface area contributed by atoms with Crippen LogP contribution >= 0.6 is 15.9 Å². The highest BCUT2D eigenvalue weighted by molar-refractivity contribution is 9.10. The second kappa shape index (κ2) is 3.33. The second-order valence-corrected chi connectivity index (χ2v) is 5.85. The Morgan fingerprint density at radius 2 is 2.19 bits per heavy atom. The van der Waals surface area contributed by atoms with Gasteiger partial charge in [-0.15, -0.1) is 0 Å². The zero-order valence-corrected chi connectivity index (χ0v) is 10.7. The molecule has 1 unspecified atom stereocenters. The summed E-state index contributed by atoms with van der Waals surface area (Å²) in [5.74, 6) is 1.51. The van der Waals surface area contributed by atoms with E-state index in [1.807, 2.05) is 18.2 Å². The third-order valence-corrected chi connectivity index (χ3v) is 4.03. The molecular weight excluding hydrogens is 268 g/mol. The average Bonchev–Trinajstić information content (AvgIpc) is 2.99. The van der Waals surface area contributed by atoms with Crippen LogP contribution in [0, 0.1) is 5.92 Å². The Kier molecular flexibility index (Phi) is 2.15. The van der Waals surface area contributed by atoms with Crippen molar-refractivity contribution in [2.75, 3.05) is 0 Å². The summed E-state index contributed by atoms with van der Waals surface area (Å²) >= 11 is 3.41. The number of fused-ring (bicyclic) bond motifs is 1. The van der Waals surface area contributed by atoms with Crippen LogP contribution in [-0.4, -0.2) is 11.4 Å². The molecule has 16 heavy (non-hydrogen) atoms. The van der Waals surface area contributed by atoms with Crippen molar-refractivity contribution in [3.63, 3.8) is 0 Å². The van der Waals surface area contributed by atoms with Gasteiger partial charge in [0, 0.05) is 4.47 Å². The monoisotopic (exact) mass is 280 g/mol. The fraction of sp³-hybridized carbons (Fsp3) is 0.462. The lowest BCUT2D eigenvalue weighted by molar-refractivity contribution is 0.0380. The highest BCUT2D eigenvalue weighted by Crippen LogP contribution is 2.47. The number of ether oxygens (including phenoxy) is 1. The van der Waals surface area contributed by atoms with Gasteiger partial charge < -0.3 is 4.74 Å².